The Morgan fingerprint density at radius 3 is 2.29 bits per heavy atom. The maximum Gasteiger partial charge on any atom is 0.433 e. The van der Waals surface area contributed by atoms with Gasteiger partial charge >= 0.3 is 12.4 Å². The van der Waals surface area contributed by atoms with Gasteiger partial charge in [0, 0.05) is 5.39 Å². The first-order valence-corrected chi connectivity index (χ1v) is 5.46. The molecule has 10 heteroatoms. The minimum Gasteiger partial charge on any atom is -0.265 e. The molecule has 3 rings (SSSR count). The third-order valence-corrected chi connectivity index (χ3v) is 2.84. The van der Waals surface area contributed by atoms with Crippen molar-refractivity contribution >= 4 is 16.7 Å². The van der Waals surface area contributed by atoms with Crippen LogP contribution in [0, 0.1) is 0 Å². The van der Waals surface area contributed by atoms with Gasteiger partial charge in [0.05, 0.1) is 5.56 Å². The molecule has 21 heavy (non-hydrogen) atoms. The highest BCUT2D eigenvalue weighted by atomic mass is 19.4. The van der Waals surface area contributed by atoms with Gasteiger partial charge < -0.3 is 0 Å². The zero-order chi connectivity index (χ0) is 15.4. The van der Waals surface area contributed by atoms with Crippen molar-refractivity contribution in [2.45, 2.75) is 12.4 Å². The molecule has 0 aliphatic carbocycles. The van der Waals surface area contributed by atoms with E-state index in [0.29, 0.717) is 0 Å². The van der Waals surface area contributed by atoms with E-state index in [1.165, 1.54) is 6.07 Å². The van der Waals surface area contributed by atoms with E-state index in [2.05, 4.69) is 15.2 Å². The first-order valence-electron chi connectivity index (χ1n) is 5.46. The molecule has 0 bridgehead atoms. The molecule has 0 aliphatic heterocycles. The van der Waals surface area contributed by atoms with Crippen molar-refractivity contribution in [2.75, 3.05) is 0 Å². The van der Waals surface area contributed by atoms with Crippen LogP contribution in [0.5, 0.6) is 0 Å². The van der Waals surface area contributed by atoms with Crippen LogP contribution in [-0.4, -0.2) is 19.6 Å². The van der Waals surface area contributed by atoms with Gasteiger partial charge in [0.25, 0.3) is 0 Å². The maximum absolute atomic E-state index is 13.0. The van der Waals surface area contributed by atoms with Gasteiger partial charge in [-0.1, -0.05) is 0 Å². The van der Waals surface area contributed by atoms with Crippen LogP contribution in [-0.2, 0) is 12.4 Å². The Hall–Kier alpha value is -2.39. The number of rotatable bonds is 0. The van der Waals surface area contributed by atoms with Crippen molar-refractivity contribution in [3.8, 4) is 0 Å². The smallest absolute Gasteiger partial charge is 0.265 e. The molecule has 4 nitrogen and oxygen atoms in total. The van der Waals surface area contributed by atoms with Gasteiger partial charge in [-0.2, -0.15) is 26.3 Å². The molecule has 0 N–H and O–H groups in total. The first kappa shape index (κ1) is 13.6. The predicted molar refractivity (Wildman–Crippen MR) is 58.3 cm³/mol. The number of hydrogen-bond donors (Lipinski definition) is 0. The summed E-state index contributed by atoms with van der Waals surface area (Å²) >= 11 is 0. The number of fused-ring (bicyclic) bond motifs is 3. The van der Waals surface area contributed by atoms with E-state index >= 15 is 0 Å². The SMILES string of the molecule is FC(F)(F)c1cc(C(F)(F)F)c2ccc3nncn3c2n1. The molecule has 3 heterocycles. The van der Waals surface area contributed by atoms with Gasteiger partial charge in [0.1, 0.15) is 17.7 Å². The molecule has 0 radical (unpaired) electrons. The fourth-order valence-electron chi connectivity index (χ4n) is 1.95. The largest absolute Gasteiger partial charge is 0.433 e. The van der Waals surface area contributed by atoms with Crippen LogP contribution in [0.15, 0.2) is 24.5 Å². The van der Waals surface area contributed by atoms with E-state index in [-0.39, 0.29) is 11.7 Å². The van der Waals surface area contributed by atoms with Gasteiger partial charge in [-0.15, -0.1) is 10.2 Å². The summed E-state index contributed by atoms with van der Waals surface area (Å²) in [7, 11) is 0. The normalized spacial score (nSPS) is 13.2. The number of pyridine rings is 2. The van der Waals surface area contributed by atoms with Crippen molar-refractivity contribution in [3.05, 3.63) is 35.8 Å². The number of hydrogen-bond acceptors (Lipinski definition) is 3. The second-order valence-corrected chi connectivity index (χ2v) is 4.18. The Bertz CT molecular complexity index is 832. The first-order chi connectivity index (χ1) is 9.68. The van der Waals surface area contributed by atoms with Crippen LogP contribution in [0.2, 0.25) is 0 Å². The van der Waals surface area contributed by atoms with Crippen molar-refractivity contribution in [2.24, 2.45) is 0 Å². The van der Waals surface area contributed by atoms with Crippen molar-refractivity contribution in [3.63, 3.8) is 0 Å². The monoisotopic (exact) mass is 306 g/mol. The van der Waals surface area contributed by atoms with E-state index in [1.807, 2.05) is 0 Å². The van der Waals surface area contributed by atoms with Crippen molar-refractivity contribution < 1.29 is 26.3 Å². The minimum atomic E-state index is -5.00. The molecule has 0 spiro atoms. The highest BCUT2D eigenvalue weighted by Crippen LogP contribution is 2.38. The molecule has 0 aromatic carbocycles. The summed E-state index contributed by atoms with van der Waals surface area (Å²) in [6.45, 7) is 0. The number of alkyl halides is 6. The summed E-state index contributed by atoms with van der Waals surface area (Å²) in [5, 5.41) is 6.55. The molecule has 0 saturated carbocycles. The lowest BCUT2D eigenvalue weighted by Crippen LogP contribution is -2.14. The fourth-order valence-corrected chi connectivity index (χ4v) is 1.95. The lowest BCUT2D eigenvalue weighted by Gasteiger charge is -2.14. The molecule has 0 aliphatic rings. The highest BCUT2D eigenvalue weighted by Gasteiger charge is 2.39. The number of halogens is 6. The molecule has 3 aromatic heterocycles. The van der Waals surface area contributed by atoms with Crippen LogP contribution in [0.3, 0.4) is 0 Å². The average Bonchev–Trinajstić information content (AvgIpc) is 2.83. The van der Waals surface area contributed by atoms with E-state index in [0.717, 1.165) is 16.8 Å². The van der Waals surface area contributed by atoms with Crippen molar-refractivity contribution in [1.29, 1.82) is 0 Å². The fraction of sp³-hybridized carbons (Fsp3) is 0.182. The van der Waals surface area contributed by atoms with Gasteiger partial charge in [-0.3, -0.25) is 4.40 Å². The standard InChI is InChI=1S/C11H4F6N4/c12-10(13,14)6-3-7(11(15,16)17)19-9-5(6)1-2-8-20-18-4-21(8)9/h1-4H. The Morgan fingerprint density at radius 2 is 1.67 bits per heavy atom. The van der Waals surface area contributed by atoms with Crippen molar-refractivity contribution in [1.82, 2.24) is 19.6 Å². The van der Waals surface area contributed by atoms with Gasteiger partial charge in [-0.25, -0.2) is 4.98 Å². The maximum atomic E-state index is 13.0. The third-order valence-electron chi connectivity index (χ3n) is 2.84. The molecule has 0 fully saturated rings. The lowest BCUT2D eigenvalue weighted by molar-refractivity contribution is -0.144. The summed E-state index contributed by atoms with van der Waals surface area (Å²) in [6.07, 6.45) is -8.93. The summed E-state index contributed by atoms with van der Waals surface area (Å²) in [5.74, 6) is 0. The molecule has 110 valence electrons. The second-order valence-electron chi connectivity index (χ2n) is 4.18. The van der Waals surface area contributed by atoms with Crippen LogP contribution >= 0.6 is 0 Å². The van der Waals surface area contributed by atoms with E-state index in [4.69, 9.17) is 0 Å². The number of aromatic nitrogens is 4. The molecule has 0 saturated heterocycles. The van der Waals surface area contributed by atoms with Gasteiger partial charge in [0.15, 0.2) is 5.65 Å². The Labute approximate surface area is 112 Å². The molecular formula is C11H4F6N4. The summed E-state index contributed by atoms with van der Waals surface area (Å²) in [4.78, 5) is 3.28. The van der Waals surface area contributed by atoms with Gasteiger partial charge in [0.2, 0.25) is 0 Å². The van der Waals surface area contributed by atoms with E-state index in [1.54, 1.807) is 0 Å². The summed E-state index contributed by atoms with van der Waals surface area (Å²) < 4.78 is 78.1. The Kier molecular flexibility index (Phi) is 2.62. The van der Waals surface area contributed by atoms with E-state index < -0.39 is 34.6 Å². The summed E-state index contributed by atoms with van der Waals surface area (Å²) in [5.41, 5.74) is -3.43. The molecule has 3 aromatic rings. The topological polar surface area (TPSA) is 43.1 Å². The second kappa shape index (κ2) is 4.06. The average molecular weight is 306 g/mol. The van der Waals surface area contributed by atoms with Crippen LogP contribution in [0.25, 0.3) is 16.7 Å². The van der Waals surface area contributed by atoms with Crippen LogP contribution in [0.4, 0.5) is 26.3 Å². The lowest BCUT2D eigenvalue weighted by atomic mass is 10.1. The number of nitrogens with zero attached hydrogens (tertiary/aromatic N) is 4. The molecular weight excluding hydrogens is 302 g/mol. The Morgan fingerprint density at radius 1 is 0.952 bits per heavy atom. The highest BCUT2D eigenvalue weighted by molar-refractivity contribution is 5.82. The molecule has 0 amide bonds. The summed E-state index contributed by atoms with van der Waals surface area (Å²) in [6, 6.07) is 2.24. The zero-order valence-electron chi connectivity index (χ0n) is 9.87. The van der Waals surface area contributed by atoms with Crippen LogP contribution in [0.1, 0.15) is 11.3 Å². The van der Waals surface area contributed by atoms with E-state index in [9.17, 15) is 26.3 Å². The molecule has 0 unspecified atom stereocenters. The predicted octanol–water partition coefficient (Wildman–Crippen LogP) is 3.32. The quantitative estimate of drug-likeness (QED) is 0.598. The zero-order valence-corrected chi connectivity index (χ0v) is 9.87. The minimum absolute atomic E-state index is 0.00146. The van der Waals surface area contributed by atoms with Gasteiger partial charge in [-0.05, 0) is 18.2 Å². The third kappa shape index (κ3) is 2.16. The van der Waals surface area contributed by atoms with Crippen LogP contribution < -0.4 is 0 Å². The molecule has 0 atom stereocenters. The Balaban J connectivity index is 2.49.